The molecular weight excluding hydrogens is 258 g/mol. The fourth-order valence-electron chi connectivity index (χ4n) is 2.84. The second-order valence-electron chi connectivity index (χ2n) is 5.29. The minimum Gasteiger partial charge on any atom is -0.395 e. The number of nitro groups is 1. The third-order valence-electron chi connectivity index (χ3n) is 3.91. The Kier molecular flexibility index (Phi) is 4.89. The third kappa shape index (κ3) is 3.25. The number of hydrogen-bond acceptors (Lipinski definition) is 5. The van der Waals surface area contributed by atoms with Crippen molar-refractivity contribution < 1.29 is 10.0 Å². The van der Waals surface area contributed by atoms with Crippen LogP contribution in [0, 0.1) is 17.0 Å². The molecule has 110 valence electrons. The summed E-state index contributed by atoms with van der Waals surface area (Å²) in [7, 11) is 0. The lowest BCUT2D eigenvalue weighted by atomic mass is 9.94. The van der Waals surface area contributed by atoms with Crippen LogP contribution >= 0.6 is 0 Å². The Morgan fingerprint density at radius 2 is 2.15 bits per heavy atom. The van der Waals surface area contributed by atoms with Gasteiger partial charge in [-0.3, -0.25) is 10.1 Å². The SMILES string of the molecule is Cc1cnc(N(CCO)C2CCCCC2)cc1[N+](=O)[O-]. The van der Waals surface area contributed by atoms with E-state index in [-0.39, 0.29) is 17.2 Å². The Bertz CT molecular complexity index is 473. The number of aryl methyl sites for hydroxylation is 1. The Hall–Kier alpha value is -1.69. The molecule has 20 heavy (non-hydrogen) atoms. The zero-order valence-corrected chi connectivity index (χ0v) is 11.8. The van der Waals surface area contributed by atoms with Gasteiger partial charge in [0.2, 0.25) is 0 Å². The van der Waals surface area contributed by atoms with E-state index in [2.05, 4.69) is 4.98 Å². The second kappa shape index (κ2) is 6.65. The van der Waals surface area contributed by atoms with Crippen molar-refractivity contribution in [2.75, 3.05) is 18.1 Å². The van der Waals surface area contributed by atoms with Crippen molar-refractivity contribution in [1.82, 2.24) is 4.98 Å². The third-order valence-corrected chi connectivity index (χ3v) is 3.91. The molecule has 1 N–H and O–H groups in total. The van der Waals surface area contributed by atoms with E-state index in [1.54, 1.807) is 13.1 Å². The Morgan fingerprint density at radius 1 is 1.45 bits per heavy atom. The molecule has 1 aromatic rings. The Balaban J connectivity index is 2.28. The molecular formula is C14H21N3O3. The van der Waals surface area contributed by atoms with Gasteiger partial charge in [0, 0.05) is 24.3 Å². The molecule has 0 unspecified atom stereocenters. The molecule has 0 saturated heterocycles. The lowest BCUT2D eigenvalue weighted by Crippen LogP contribution is -2.39. The number of rotatable bonds is 5. The number of pyridine rings is 1. The lowest BCUT2D eigenvalue weighted by molar-refractivity contribution is -0.385. The quantitative estimate of drug-likeness (QED) is 0.661. The van der Waals surface area contributed by atoms with E-state index < -0.39 is 0 Å². The predicted molar refractivity (Wildman–Crippen MR) is 76.9 cm³/mol. The number of aromatic nitrogens is 1. The smallest absolute Gasteiger partial charge is 0.277 e. The van der Waals surface area contributed by atoms with Gasteiger partial charge in [-0.1, -0.05) is 19.3 Å². The van der Waals surface area contributed by atoms with Gasteiger partial charge in [-0.2, -0.15) is 0 Å². The van der Waals surface area contributed by atoms with Crippen molar-refractivity contribution in [3.8, 4) is 0 Å². The highest BCUT2D eigenvalue weighted by Gasteiger charge is 2.24. The van der Waals surface area contributed by atoms with Gasteiger partial charge in [0.05, 0.1) is 17.6 Å². The van der Waals surface area contributed by atoms with Crippen LogP contribution in [0.1, 0.15) is 37.7 Å². The highest BCUT2D eigenvalue weighted by Crippen LogP contribution is 2.29. The zero-order chi connectivity index (χ0) is 14.5. The van der Waals surface area contributed by atoms with Gasteiger partial charge < -0.3 is 10.0 Å². The van der Waals surface area contributed by atoms with E-state index in [4.69, 9.17) is 0 Å². The van der Waals surface area contributed by atoms with Crippen molar-refractivity contribution in [2.45, 2.75) is 45.1 Å². The van der Waals surface area contributed by atoms with Crippen LogP contribution in [-0.2, 0) is 0 Å². The zero-order valence-electron chi connectivity index (χ0n) is 11.8. The summed E-state index contributed by atoms with van der Waals surface area (Å²) >= 11 is 0. The van der Waals surface area contributed by atoms with E-state index in [1.165, 1.54) is 25.3 Å². The van der Waals surface area contributed by atoms with Crippen LogP contribution in [0.15, 0.2) is 12.3 Å². The number of aliphatic hydroxyl groups excluding tert-OH is 1. The van der Waals surface area contributed by atoms with Crippen LogP contribution in [0.4, 0.5) is 11.5 Å². The molecule has 6 nitrogen and oxygen atoms in total. The van der Waals surface area contributed by atoms with Crippen molar-refractivity contribution in [2.24, 2.45) is 0 Å². The molecule has 1 saturated carbocycles. The fraction of sp³-hybridized carbons (Fsp3) is 0.643. The molecule has 1 heterocycles. The molecule has 0 atom stereocenters. The van der Waals surface area contributed by atoms with Crippen LogP contribution in [-0.4, -0.2) is 34.2 Å². The largest absolute Gasteiger partial charge is 0.395 e. The van der Waals surface area contributed by atoms with Crippen LogP contribution < -0.4 is 4.90 Å². The van der Waals surface area contributed by atoms with Crippen LogP contribution in [0.2, 0.25) is 0 Å². The summed E-state index contributed by atoms with van der Waals surface area (Å²) in [6.45, 7) is 2.18. The monoisotopic (exact) mass is 279 g/mol. The fourth-order valence-corrected chi connectivity index (χ4v) is 2.84. The maximum Gasteiger partial charge on any atom is 0.277 e. The number of aliphatic hydroxyl groups is 1. The summed E-state index contributed by atoms with van der Waals surface area (Å²) in [6, 6.07) is 1.85. The number of nitrogens with zero attached hydrogens (tertiary/aromatic N) is 3. The Morgan fingerprint density at radius 3 is 2.75 bits per heavy atom. The molecule has 0 radical (unpaired) electrons. The van der Waals surface area contributed by atoms with Gasteiger partial charge in [0.15, 0.2) is 0 Å². The first-order chi connectivity index (χ1) is 9.63. The maximum absolute atomic E-state index is 11.0. The molecule has 1 aliphatic rings. The normalized spacial score (nSPS) is 16.1. The molecule has 1 aromatic heterocycles. The summed E-state index contributed by atoms with van der Waals surface area (Å²) in [5.74, 6) is 0.600. The van der Waals surface area contributed by atoms with Gasteiger partial charge in [-0.15, -0.1) is 0 Å². The highest BCUT2D eigenvalue weighted by molar-refractivity contribution is 5.51. The lowest BCUT2D eigenvalue weighted by Gasteiger charge is -2.34. The minimum atomic E-state index is -0.376. The second-order valence-corrected chi connectivity index (χ2v) is 5.29. The average molecular weight is 279 g/mol. The molecule has 6 heteroatoms. The van der Waals surface area contributed by atoms with Crippen molar-refractivity contribution in [3.63, 3.8) is 0 Å². The highest BCUT2D eigenvalue weighted by atomic mass is 16.6. The van der Waals surface area contributed by atoms with E-state index in [0.29, 0.717) is 24.0 Å². The molecule has 2 rings (SSSR count). The van der Waals surface area contributed by atoms with E-state index >= 15 is 0 Å². The van der Waals surface area contributed by atoms with Crippen molar-refractivity contribution in [3.05, 3.63) is 27.9 Å². The molecule has 1 fully saturated rings. The maximum atomic E-state index is 11.0. The summed E-state index contributed by atoms with van der Waals surface area (Å²) in [5.41, 5.74) is 0.653. The molecule has 1 aliphatic carbocycles. The first-order valence-electron chi connectivity index (χ1n) is 7.12. The number of anilines is 1. The standard InChI is InChI=1S/C14H21N3O3/c1-11-10-15-14(9-13(11)17(19)20)16(7-8-18)12-5-3-2-4-6-12/h9-10,12,18H,2-8H2,1H3. The molecule has 0 spiro atoms. The van der Waals surface area contributed by atoms with Crippen LogP contribution in [0.3, 0.4) is 0 Å². The Labute approximate surface area is 118 Å². The summed E-state index contributed by atoms with van der Waals surface area (Å²) < 4.78 is 0. The molecule has 0 aromatic carbocycles. The van der Waals surface area contributed by atoms with E-state index in [1.807, 2.05) is 4.90 Å². The van der Waals surface area contributed by atoms with Gasteiger partial charge >= 0.3 is 0 Å². The van der Waals surface area contributed by atoms with Gasteiger partial charge in [0.1, 0.15) is 5.82 Å². The van der Waals surface area contributed by atoms with Gasteiger partial charge in [0.25, 0.3) is 5.69 Å². The van der Waals surface area contributed by atoms with Crippen LogP contribution in [0.5, 0.6) is 0 Å². The van der Waals surface area contributed by atoms with Crippen molar-refractivity contribution >= 4 is 11.5 Å². The van der Waals surface area contributed by atoms with Crippen molar-refractivity contribution in [1.29, 1.82) is 0 Å². The summed E-state index contributed by atoms with van der Waals surface area (Å²) in [5, 5.41) is 20.3. The van der Waals surface area contributed by atoms with E-state index in [9.17, 15) is 15.2 Å². The topological polar surface area (TPSA) is 79.5 Å². The first kappa shape index (κ1) is 14.7. The predicted octanol–water partition coefficient (Wildman–Crippen LogP) is 2.43. The van der Waals surface area contributed by atoms with Crippen LogP contribution in [0.25, 0.3) is 0 Å². The molecule has 0 aliphatic heterocycles. The molecule has 0 amide bonds. The van der Waals surface area contributed by atoms with Gasteiger partial charge in [-0.25, -0.2) is 4.98 Å². The van der Waals surface area contributed by atoms with Gasteiger partial charge in [-0.05, 0) is 19.8 Å². The van der Waals surface area contributed by atoms with E-state index in [0.717, 1.165) is 12.8 Å². The first-order valence-corrected chi connectivity index (χ1v) is 7.12. The number of hydrogen-bond donors (Lipinski definition) is 1. The average Bonchev–Trinajstić information content (AvgIpc) is 2.46. The molecule has 0 bridgehead atoms. The minimum absolute atomic E-state index is 0.0276. The summed E-state index contributed by atoms with van der Waals surface area (Å²) in [4.78, 5) is 17.0. The summed E-state index contributed by atoms with van der Waals surface area (Å²) in [6.07, 6.45) is 7.24.